The lowest BCUT2D eigenvalue weighted by atomic mass is 10.0. The number of carbonyl (C=O) groups is 3. The Morgan fingerprint density at radius 1 is 1.11 bits per heavy atom. The summed E-state index contributed by atoms with van der Waals surface area (Å²) in [7, 11) is 1.74. The van der Waals surface area contributed by atoms with Gasteiger partial charge in [0.05, 0.1) is 12.6 Å². The van der Waals surface area contributed by atoms with Gasteiger partial charge in [0.15, 0.2) is 0 Å². The molecule has 3 N–H and O–H groups in total. The van der Waals surface area contributed by atoms with E-state index >= 15 is 0 Å². The van der Waals surface area contributed by atoms with Crippen LogP contribution in [0.3, 0.4) is 0 Å². The van der Waals surface area contributed by atoms with Gasteiger partial charge in [0, 0.05) is 43.8 Å². The van der Waals surface area contributed by atoms with Gasteiger partial charge in [0.1, 0.15) is 5.01 Å². The number of carboxylic acid groups (broad SMARTS) is 2. The van der Waals surface area contributed by atoms with Crippen LogP contribution in [0.4, 0.5) is 26.3 Å². The minimum Gasteiger partial charge on any atom is -0.475 e. The Morgan fingerprint density at radius 3 is 2.00 bits per heavy atom. The van der Waals surface area contributed by atoms with Crippen molar-refractivity contribution < 1.29 is 50.9 Å². The van der Waals surface area contributed by atoms with Gasteiger partial charge in [-0.05, 0) is 26.2 Å². The molecule has 2 fully saturated rings. The maximum absolute atomic E-state index is 12.1. The van der Waals surface area contributed by atoms with Crippen LogP contribution in [0.15, 0.2) is 11.6 Å². The van der Waals surface area contributed by atoms with E-state index in [9.17, 15) is 31.1 Å². The molecule has 0 aromatic carbocycles. The Bertz CT molecular complexity index is 826. The number of alkyl halides is 6. The number of thiazole rings is 1. The van der Waals surface area contributed by atoms with Crippen molar-refractivity contribution in [1.82, 2.24) is 20.1 Å². The topological polar surface area (TPSA) is 123 Å². The minimum absolute atomic E-state index is 0.0482. The largest absolute Gasteiger partial charge is 0.490 e. The molecular weight excluding hydrogens is 510 g/mol. The Balaban J connectivity index is 0.000000362. The lowest BCUT2D eigenvalue weighted by Gasteiger charge is -2.33. The maximum Gasteiger partial charge on any atom is 0.490 e. The highest BCUT2D eigenvalue weighted by Crippen LogP contribution is 2.37. The zero-order valence-corrected chi connectivity index (χ0v) is 19.7. The number of aliphatic carboxylic acids is 2. The van der Waals surface area contributed by atoms with E-state index in [1.54, 1.807) is 18.4 Å². The van der Waals surface area contributed by atoms with E-state index in [4.69, 9.17) is 19.8 Å². The van der Waals surface area contributed by atoms with Crippen molar-refractivity contribution in [3.8, 4) is 0 Å². The average molecular weight is 536 g/mol. The summed E-state index contributed by atoms with van der Waals surface area (Å²) in [5.74, 6) is -4.74. The fourth-order valence-corrected chi connectivity index (χ4v) is 4.61. The van der Waals surface area contributed by atoms with Gasteiger partial charge in [-0.1, -0.05) is 0 Å². The predicted molar refractivity (Wildman–Crippen MR) is 111 cm³/mol. The number of halogens is 6. The summed E-state index contributed by atoms with van der Waals surface area (Å²) >= 11 is 1.72. The molecule has 0 saturated carbocycles. The van der Waals surface area contributed by atoms with E-state index in [2.05, 4.69) is 33.9 Å². The standard InChI is InChI=1S/C15H24N4OS.2C2HF3O2/c1-10(2)19-12(15(20)16-3)6-11-7-18(8-13(11)19)9-14-17-4-5-21-14;2*3-2(4,5)1(6)7/h4-5,10-13H,6-9H2,1-3H3,(H,16,20);2*(H,6,7)/t11-,12-,13+;;/m1../s1. The molecule has 2 aliphatic heterocycles. The second-order valence-corrected chi connectivity index (χ2v) is 8.94. The molecule has 3 atom stereocenters. The molecule has 0 spiro atoms. The summed E-state index contributed by atoms with van der Waals surface area (Å²) in [6.07, 6.45) is -7.31. The summed E-state index contributed by atoms with van der Waals surface area (Å²) in [6, 6.07) is 0.960. The van der Waals surface area contributed by atoms with Crippen molar-refractivity contribution in [3.63, 3.8) is 0 Å². The summed E-state index contributed by atoms with van der Waals surface area (Å²) in [5, 5.41) is 20.3. The fraction of sp³-hybridized carbons (Fsp3) is 0.684. The van der Waals surface area contributed by atoms with E-state index in [1.807, 2.05) is 11.6 Å². The smallest absolute Gasteiger partial charge is 0.475 e. The van der Waals surface area contributed by atoms with Crippen molar-refractivity contribution >= 4 is 29.2 Å². The molecule has 1 amide bonds. The van der Waals surface area contributed by atoms with E-state index in [1.165, 1.54) is 5.01 Å². The molecule has 200 valence electrons. The molecule has 35 heavy (non-hydrogen) atoms. The zero-order valence-electron chi connectivity index (χ0n) is 18.9. The van der Waals surface area contributed by atoms with Crippen molar-refractivity contribution in [2.45, 2.75) is 57.3 Å². The molecule has 9 nitrogen and oxygen atoms in total. The first kappa shape index (κ1) is 30.6. The second kappa shape index (κ2) is 12.5. The number of hydrogen-bond donors (Lipinski definition) is 3. The first-order chi connectivity index (χ1) is 16.0. The van der Waals surface area contributed by atoms with Crippen LogP contribution in [0, 0.1) is 5.92 Å². The number of carboxylic acids is 2. The third kappa shape index (κ3) is 9.25. The summed E-state index contributed by atoms with van der Waals surface area (Å²) in [4.78, 5) is 39.2. The van der Waals surface area contributed by atoms with Gasteiger partial charge >= 0.3 is 24.3 Å². The van der Waals surface area contributed by atoms with Crippen molar-refractivity contribution in [2.75, 3.05) is 20.1 Å². The van der Waals surface area contributed by atoms with Crippen molar-refractivity contribution in [2.24, 2.45) is 5.92 Å². The number of fused-ring (bicyclic) bond motifs is 1. The summed E-state index contributed by atoms with van der Waals surface area (Å²) in [5.41, 5.74) is 0. The number of likely N-dealkylation sites (tertiary alicyclic amines) is 2. The fourth-order valence-electron chi connectivity index (χ4n) is 3.95. The summed E-state index contributed by atoms with van der Waals surface area (Å²) in [6.45, 7) is 7.47. The molecule has 1 aromatic heterocycles. The van der Waals surface area contributed by atoms with Crippen LogP contribution in [0.2, 0.25) is 0 Å². The van der Waals surface area contributed by atoms with Gasteiger partial charge in [-0.2, -0.15) is 26.3 Å². The van der Waals surface area contributed by atoms with Gasteiger partial charge < -0.3 is 15.5 Å². The van der Waals surface area contributed by atoms with Crippen molar-refractivity contribution in [1.29, 1.82) is 0 Å². The highest BCUT2D eigenvalue weighted by Gasteiger charge is 2.49. The molecule has 0 radical (unpaired) electrons. The molecule has 2 aliphatic rings. The van der Waals surface area contributed by atoms with Crippen molar-refractivity contribution in [3.05, 3.63) is 16.6 Å². The molecule has 16 heteroatoms. The van der Waals surface area contributed by atoms with Crippen LogP contribution >= 0.6 is 11.3 Å². The monoisotopic (exact) mass is 536 g/mol. The van der Waals surface area contributed by atoms with E-state index in [0.717, 1.165) is 26.1 Å². The van der Waals surface area contributed by atoms with E-state index in [-0.39, 0.29) is 11.9 Å². The minimum atomic E-state index is -5.08. The van der Waals surface area contributed by atoms with E-state index in [0.29, 0.717) is 18.0 Å². The maximum atomic E-state index is 12.1. The highest BCUT2D eigenvalue weighted by atomic mass is 32.1. The first-order valence-corrected chi connectivity index (χ1v) is 11.1. The second-order valence-electron chi connectivity index (χ2n) is 7.96. The molecule has 0 unspecified atom stereocenters. The number of hydrogen-bond acceptors (Lipinski definition) is 7. The number of amides is 1. The predicted octanol–water partition coefficient (Wildman–Crippen LogP) is 2.44. The third-order valence-electron chi connectivity index (χ3n) is 5.22. The number of nitrogens with one attached hydrogen (secondary N) is 1. The number of nitrogens with zero attached hydrogens (tertiary/aromatic N) is 3. The third-order valence-corrected chi connectivity index (χ3v) is 5.99. The number of aromatic nitrogens is 1. The molecule has 1 aromatic rings. The SMILES string of the molecule is CNC(=O)[C@H]1C[C@@H]2CN(Cc3nccs3)C[C@@H]2N1C(C)C.O=C(O)C(F)(F)F.O=C(O)C(F)(F)F. The van der Waals surface area contributed by atoms with Crippen LogP contribution < -0.4 is 5.32 Å². The van der Waals surface area contributed by atoms with Crippen LogP contribution in [0.25, 0.3) is 0 Å². The first-order valence-electron chi connectivity index (χ1n) is 10.2. The number of likely N-dealkylation sites (N-methyl/N-ethyl adjacent to an activating group) is 1. The molecule has 0 aliphatic carbocycles. The lowest BCUT2D eigenvalue weighted by molar-refractivity contribution is -0.193. The van der Waals surface area contributed by atoms with E-state index < -0.39 is 24.3 Å². The lowest BCUT2D eigenvalue weighted by Crippen LogP contribution is -2.50. The van der Waals surface area contributed by atoms with Gasteiger partial charge in [-0.15, -0.1) is 11.3 Å². The summed E-state index contributed by atoms with van der Waals surface area (Å²) < 4.78 is 63.5. The van der Waals surface area contributed by atoms with Gasteiger partial charge in [0.2, 0.25) is 5.91 Å². The number of rotatable bonds is 4. The molecular formula is C19H26F6N4O5S. The molecule has 0 bridgehead atoms. The zero-order chi connectivity index (χ0) is 27.1. The molecule has 3 heterocycles. The van der Waals surface area contributed by atoms with Gasteiger partial charge in [-0.3, -0.25) is 14.6 Å². The van der Waals surface area contributed by atoms with Gasteiger partial charge in [0.25, 0.3) is 0 Å². The highest BCUT2D eigenvalue weighted by molar-refractivity contribution is 7.09. The Morgan fingerprint density at radius 2 is 1.63 bits per heavy atom. The quantitative estimate of drug-likeness (QED) is 0.502. The van der Waals surface area contributed by atoms with Crippen LogP contribution in [0.1, 0.15) is 25.3 Å². The molecule has 2 saturated heterocycles. The van der Waals surface area contributed by atoms with Crippen LogP contribution in [0.5, 0.6) is 0 Å². The van der Waals surface area contributed by atoms with Gasteiger partial charge in [-0.25, -0.2) is 14.6 Å². The Hall–Kier alpha value is -2.46. The number of carbonyl (C=O) groups excluding carboxylic acids is 1. The average Bonchev–Trinajstić information content (AvgIpc) is 3.43. The van der Waals surface area contributed by atoms with Crippen LogP contribution in [-0.4, -0.2) is 93.5 Å². The Labute approximate surface area is 200 Å². The van der Waals surface area contributed by atoms with Crippen LogP contribution in [-0.2, 0) is 20.9 Å². The molecule has 3 rings (SSSR count). The normalized spacial score (nSPS) is 22.5. The Kier molecular flexibility index (Phi) is 10.9.